The van der Waals surface area contributed by atoms with Crippen LogP contribution < -0.4 is 15.6 Å². The molecule has 0 fully saturated rings. The van der Waals surface area contributed by atoms with Crippen molar-refractivity contribution >= 4 is 34.2 Å². The van der Waals surface area contributed by atoms with Crippen LogP contribution in [0.5, 0.6) is 5.75 Å². The predicted molar refractivity (Wildman–Crippen MR) is 122 cm³/mol. The van der Waals surface area contributed by atoms with Gasteiger partial charge in [-0.2, -0.15) is 5.10 Å². The zero-order valence-corrected chi connectivity index (χ0v) is 18.7. The minimum atomic E-state index is -0.387. The Hall–Kier alpha value is -3.65. The molecule has 2 aromatic heterocycles. The van der Waals surface area contributed by atoms with E-state index in [9.17, 15) is 9.59 Å². The number of hydrogen-bond donors (Lipinski definition) is 1. The molecule has 0 saturated carbocycles. The summed E-state index contributed by atoms with van der Waals surface area (Å²) in [4.78, 5) is 24.9. The average molecular weight is 453 g/mol. The van der Waals surface area contributed by atoms with Gasteiger partial charge in [-0.15, -0.1) is 0 Å². The molecule has 32 heavy (non-hydrogen) atoms. The number of carbonyl (C=O) groups is 1. The van der Waals surface area contributed by atoms with E-state index in [1.807, 2.05) is 19.1 Å². The number of nitrogens with one attached hydrogen (secondary N) is 1. The molecule has 0 spiro atoms. The molecule has 0 aliphatic carbocycles. The molecule has 2 heterocycles. The number of ether oxygens (including phenoxy) is 1. The lowest BCUT2D eigenvalue weighted by molar-refractivity contribution is -0.114. The van der Waals surface area contributed by atoms with Gasteiger partial charge in [-0.3, -0.25) is 9.59 Å². The van der Waals surface area contributed by atoms with Gasteiger partial charge in [-0.1, -0.05) is 28.9 Å². The molecule has 1 N–H and O–H groups in total. The SMILES string of the molecule is COc1ccc(NC(C)=O)cc1-c1nn([C@@H](C)c2ccc(Cl)cc2)c(=O)c2c(C)noc12. The summed E-state index contributed by atoms with van der Waals surface area (Å²) in [6.45, 7) is 5.01. The van der Waals surface area contributed by atoms with Crippen LogP contribution in [-0.2, 0) is 4.79 Å². The Morgan fingerprint density at radius 1 is 1.22 bits per heavy atom. The molecule has 4 rings (SSSR count). The summed E-state index contributed by atoms with van der Waals surface area (Å²) < 4.78 is 12.4. The van der Waals surface area contributed by atoms with Crippen LogP contribution >= 0.6 is 11.6 Å². The van der Waals surface area contributed by atoms with Gasteiger partial charge >= 0.3 is 0 Å². The molecule has 0 radical (unpaired) electrons. The minimum absolute atomic E-state index is 0.212. The summed E-state index contributed by atoms with van der Waals surface area (Å²) in [5.41, 5.74) is 2.75. The number of fused-ring (bicyclic) bond motifs is 1. The summed E-state index contributed by atoms with van der Waals surface area (Å²) in [6, 6.07) is 12.0. The number of benzene rings is 2. The van der Waals surface area contributed by atoms with E-state index < -0.39 is 0 Å². The summed E-state index contributed by atoms with van der Waals surface area (Å²) >= 11 is 6.02. The first-order valence-corrected chi connectivity index (χ1v) is 10.3. The van der Waals surface area contributed by atoms with Crippen LogP contribution in [0.2, 0.25) is 5.02 Å². The standard InChI is InChI=1S/C23H21ClN4O4/c1-12-20-22(32-27-12)21(18-11-17(25-14(3)29)9-10-19(18)31-4)26-28(23(20)30)13(2)15-5-7-16(24)8-6-15/h5-11,13H,1-4H3,(H,25,29)/t13-/m0/s1. The lowest BCUT2D eigenvalue weighted by Gasteiger charge is -2.17. The Kier molecular flexibility index (Phi) is 5.71. The molecule has 0 saturated heterocycles. The highest BCUT2D eigenvalue weighted by Gasteiger charge is 2.24. The van der Waals surface area contributed by atoms with Crippen LogP contribution in [0.15, 0.2) is 51.8 Å². The quantitative estimate of drug-likeness (QED) is 0.475. The second kappa shape index (κ2) is 8.47. The Morgan fingerprint density at radius 2 is 1.94 bits per heavy atom. The van der Waals surface area contributed by atoms with Gasteiger partial charge in [-0.25, -0.2) is 4.68 Å². The minimum Gasteiger partial charge on any atom is -0.496 e. The van der Waals surface area contributed by atoms with Crippen molar-refractivity contribution in [1.29, 1.82) is 0 Å². The summed E-state index contributed by atoms with van der Waals surface area (Å²) in [6.07, 6.45) is 0. The van der Waals surface area contributed by atoms with Crippen molar-refractivity contribution in [1.82, 2.24) is 14.9 Å². The number of aromatic nitrogens is 3. The largest absolute Gasteiger partial charge is 0.496 e. The van der Waals surface area contributed by atoms with Gasteiger partial charge in [0.25, 0.3) is 5.56 Å². The van der Waals surface area contributed by atoms with Crippen LogP contribution in [0.3, 0.4) is 0 Å². The molecule has 1 atom stereocenters. The number of nitrogens with zero attached hydrogens (tertiary/aromatic N) is 3. The fraction of sp³-hybridized carbons (Fsp3) is 0.217. The number of anilines is 1. The average Bonchev–Trinajstić information content (AvgIpc) is 3.16. The molecule has 1 amide bonds. The summed E-state index contributed by atoms with van der Waals surface area (Å²) in [5, 5.41) is 12.3. The number of aryl methyl sites for hydroxylation is 1. The monoisotopic (exact) mass is 452 g/mol. The van der Waals surface area contributed by atoms with E-state index in [0.29, 0.717) is 38.8 Å². The van der Waals surface area contributed by atoms with Gasteiger partial charge in [-0.05, 0) is 49.7 Å². The van der Waals surface area contributed by atoms with Crippen molar-refractivity contribution in [2.75, 3.05) is 12.4 Å². The van der Waals surface area contributed by atoms with E-state index in [1.54, 1.807) is 37.3 Å². The maximum absolute atomic E-state index is 13.3. The molecule has 0 aliphatic heterocycles. The second-order valence-corrected chi connectivity index (χ2v) is 7.83. The van der Waals surface area contributed by atoms with Crippen LogP contribution in [0.1, 0.15) is 31.1 Å². The molecular formula is C23H21ClN4O4. The van der Waals surface area contributed by atoms with Crippen LogP contribution in [0.4, 0.5) is 5.69 Å². The molecule has 0 bridgehead atoms. The van der Waals surface area contributed by atoms with Gasteiger partial charge < -0.3 is 14.6 Å². The summed E-state index contributed by atoms with van der Waals surface area (Å²) in [5.74, 6) is 0.294. The first-order chi connectivity index (χ1) is 15.3. The lowest BCUT2D eigenvalue weighted by atomic mass is 10.1. The molecule has 9 heteroatoms. The number of halogens is 1. The first-order valence-electron chi connectivity index (χ1n) is 9.90. The topological polar surface area (TPSA) is 99.2 Å². The zero-order valence-electron chi connectivity index (χ0n) is 18.0. The number of rotatable bonds is 5. The molecule has 0 aliphatic rings. The number of amides is 1. The lowest BCUT2D eigenvalue weighted by Crippen LogP contribution is -2.27. The van der Waals surface area contributed by atoms with Crippen molar-refractivity contribution in [3.63, 3.8) is 0 Å². The Morgan fingerprint density at radius 3 is 2.59 bits per heavy atom. The first kappa shape index (κ1) is 21.6. The molecule has 8 nitrogen and oxygen atoms in total. The Bertz CT molecular complexity index is 1380. The van der Waals surface area contributed by atoms with Gasteiger partial charge in [0.05, 0.1) is 24.4 Å². The maximum atomic E-state index is 13.3. The van der Waals surface area contributed by atoms with Gasteiger partial charge in [0.2, 0.25) is 11.5 Å². The van der Waals surface area contributed by atoms with E-state index in [4.69, 9.17) is 20.9 Å². The van der Waals surface area contributed by atoms with E-state index >= 15 is 0 Å². The molecule has 0 unspecified atom stereocenters. The van der Waals surface area contributed by atoms with Gasteiger partial charge in [0.1, 0.15) is 16.8 Å². The molecule has 164 valence electrons. The third-order valence-corrected chi connectivity index (χ3v) is 5.45. The Balaban J connectivity index is 1.99. The highest BCUT2D eigenvalue weighted by molar-refractivity contribution is 6.30. The van der Waals surface area contributed by atoms with Crippen LogP contribution in [-0.4, -0.2) is 28.0 Å². The summed E-state index contributed by atoms with van der Waals surface area (Å²) in [7, 11) is 1.53. The molecule has 4 aromatic rings. The third kappa shape index (κ3) is 3.85. The highest BCUT2D eigenvalue weighted by Crippen LogP contribution is 2.36. The number of methoxy groups -OCH3 is 1. The van der Waals surface area contributed by atoms with Crippen molar-refractivity contribution < 1.29 is 14.1 Å². The normalized spacial score (nSPS) is 12.0. The van der Waals surface area contributed by atoms with Crippen molar-refractivity contribution in [3.8, 4) is 17.0 Å². The fourth-order valence-corrected chi connectivity index (χ4v) is 3.72. The van der Waals surface area contributed by atoms with Crippen molar-refractivity contribution in [2.45, 2.75) is 26.8 Å². The van der Waals surface area contributed by atoms with Crippen LogP contribution in [0.25, 0.3) is 22.2 Å². The highest BCUT2D eigenvalue weighted by atomic mass is 35.5. The predicted octanol–water partition coefficient (Wildman–Crippen LogP) is 4.59. The van der Waals surface area contributed by atoms with E-state index in [-0.39, 0.29) is 23.1 Å². The molecular weight excluding hydrogens is 432 g/mol. The van der Waals surface area contributed by atoms with E-state index in [1.165, 1.54) is 18.7 Å². The number of hydrogen-bond acceptors (Lipinski definition) is 6. The van der Waals surface area contributed by atoms with Crippen LogP contribution in [0, 0.1) is 6.92 Å². The smallest absolute Gasteiger partial charge is 0.280 e. The third-order valence-electron chi connectivity index (χ3n) is 5.20. The van der Waals surface area contributed by atoms with Gasteiger partial charge in [0, 0.05) is 17.6 Å². The maximum Gasteiger partial charge on any atom is 0.280 e. The zero-order chi connectivity index (χ0) is 23.0. The fourth-order valence-electron chi connectivity index (χ4n) is 3.59. The van der Waals surface area contributed by atoms with E-state index in [0.717, 1.165) is 5.56 Å². The van der Waals surface area contributed by atoms with Crippen molar-refractivity contribution in [3.05, 3.63) is 69.1 Å². The molecule has 2 aromatic carbocycles. The number of carbonyl (C=O) groups excluding carboxylic acids is 1. The van der Waals surface area contributed by atoms with Crippen molar-refractivity contribution in [2.24, 2.45) is 0 Å². The Labute approximate surface area is 188 Å². The van der Waals surface area contributed by atoms with Gasteiger partial charge in [0.15, 0.2) is 0 Å². The van der Waals surface area contributed by atoms with E-state index in [2.05, 4.69) is 15.6 Å². The second-order valence-electron chi connectivity index (χ2n) is 7.39.